The highest BCUT2D eigenvalue weighted by Gasteiger charge is 2.34. The topological polar surface area (TPSA) is 69.8 Å². The van der Waals surface area contributed by atoms with Crippen molar-refractivity contribution in [2.75, 3.05) is 26.2 Å². The number of thiophene rings is 1. The summed E-state index contributed by atoms with van der Waals surface area (Å²) >= 11 is 1.70. The monoisotopic (exact) mass is 403 g/mol. The molecule has 1 saturated heterocycles. The summed E-state index contributed by atoms with van der Waals surface area (Å²) in [6.07, 6.45) is 2.83. The third-order valence-electron chi connectivity index (χ3n) is 6.27. The number of rotatable bonds is 4. The predicted octanol–water partition coefficient (Wildman–Crippen LogP) is 3.15. The number of hydrogen-bond acceptors (Lipinski definition) is 6. The number of hydrogen-bond donors (Lipinski definition) is 1. The van der Waals surface area contributed by atoms with Crippen LogP contribution in [-0.4, -0.2) is 52.2 Å². The van der Waals surface area contributed by atoms with Gasteiger partial charge >= 0.3 is 0 Å². The van der Waals surface area contributed by atoms with E-state index in [0.29, 0.717) is 6.54 Å². The fourth-order valence-corrected chi connectivity index (χ4v) is 5.55. The van der Waals surface area contributed by atoms with E-state index in [-0.39, 0.29) is 17.9 Å². The van der Waals surface area contributed by atoms with Crippen molar-refractivity contribution in [3.8, 4) is 0 Å². The van der Waals surface area contributed by atoms with Crippen LogP contribution in [0.15, 0.2) is 9.90 Å². The number of likely N-dealkylation sites (tertiary alicyclic amines) is 1. The lowest BCUT2D eigenvalue weighted by Crippen LogP contribution is -2.46. The van der Waals surface area contributed by atoms with Crippen molar-refractivity contribution < 1.29 is 14.4 Å². The third kappa shape index (κ3) is 3.63. The van der Waals surface area contributed by atoms with Gasteiger partial charge in [0.1, 0.15) is 5.76 Å². The molecule has 2 aromatic heterocycles. The van der Waals surface area contributed by atoms with Gasteiger partial charge in [0.2, 0.25) is 0 Å². The molecule has 2 aromatic rings. The first-order valence-electron chi connectivity index (χ1n) is 10.0. The van der Waals surface area contributed by atoms with Gasteiger partial charge in [-0.2, -0.15) is 0 Å². The van der Waals surface area contributed by atoms with Crippen LogP contribution in [0.5, 0.6) is 0 Å². The number of aliphatic hydroxyl groups is 1. The molecule has 1 atom stereocenters. The Morgan fingerprint density at radius 2 is 2.21 bits per heavy atom. The number of carbonyl (C=O) groups excluding carboxylic acids is 1. The molecular weight excluding hydrogens is 374 g/mol. The standard InChI is InChI=1S/C21H29N3O3S/c1-14-17(15(2)27-22-14)9-23-8-5-16-18(11-28-19(16)10-23)20(26)24-7-4-6-21(3,12-24)13-25/h11,25H,4-10,12-13H2,1-3H3. The Hall–Kier alpha value is -1.70. The Balaban J connectivity index is 1.47. The summed E-state index contributed by atoms with van der Waals surface area (Å²) in [5.74, 6) is 1.03. The molecule has 0 radical (unpaired) electrons. The normalized spacial score (nSPS) is 23.1. The van der Waals surface area contributed by atoms with Crippen LogP contribution in [-0.2, 0) is 19.5 Å². The van der Waals surface area contributed by atoms with Crippen LogP contribution in [0.2, 0.25) is 0 Å². The lowest BCUT2D eigenvalue weighted by Gasteiger charge is -2.39. The van der Waals surface area contributed by atoms with Crippen LogP contribution >= 0.6 is 11.3 Å². The Morgan fingerprint density at radius 3 is 2.93 bits per heavy atom. The maximum absolute atomic E-state index is 13.2. The second kappa shape index (κ2) is 7.61. The lowest BCUT2D eigenvalue weighted by molar-refractivity contribution is 0.0357. The quantitative estimate of drug-likeness (QED) is 0.849. The largest absolute Gasteiger partial charge is 0.396 e. The number of carbonyl (C=O) groups is 1. The Bertz CT molecular complexity index is 855. The van der Waals surface area contributed by atoms with Gasteiger partial charge in [-0.25, -0.2) is 0 Å². The Morgan fingerprint density at radius 1 is 1.39 bits per heavy atom. The molecule has 1 amide bonds. The zero-order valence-corrected chi connectivity index (χ0v) is 17.8. The van der Waals surface area contributed by atoms with E-state index in [1.54, 1.807) is 11.3 Å². The van der Waals surface area contributed by atoms with Crippen molar-refractivity contribution in [1.82, 2.24) is 15.0 Å². The minimum atomic E-state index is -0.171. The van der Waals surface area contributed by atoms with Crippen LogP contribution < -0.4 is 0 Å². The lowest BCUT2D eigenvalue weighted by atomic mass is 9.82. The van der Waals surface area contributed by atoms with Gasteiger partial charge in [0.05, 0.1) is 17.9 Å². The van der Waals surface area contributed by atoms with Crippen LogP contribution in [0.25, 0.3) is 0 Å². The summed E-state index contributed by atoms with van der Waals surface area (Å²) < 4.78 is 5.29. The fourth-order valence-electron chi connectivity index (χ4n) is 4.44. The minimum Gasteiger partial charge on any atom is -0.396 e. The molecule has 0 saturated carbocycles. The van der Waals surface area contributed by atoms with Gasteiger partial charge in [-0.3, -0.25) is 9.69 Å². The number of piperidine rings is 1. The summed E-state index contributed by atoms with van der Waals surface area (Å²) in [4.78, 5) is 18.8. The summed E-state index contributed by atoms with van der Waals surface area (Å²) in [5.41, 5.74) is 4.06. The molecule has 6 nitrogen and oxygen atoms in total. The van der Waals surface area contributed by atoms with Gasteiger partial charge in [0.15, 0.2) is 0 Å². The van der Waals surface area contributed by atoms with Crippen molar-refractivity contribution in [2.45, 2.75) is 53.1 Å². The van der Waals surface area contributed by atoms with Crippen LogP contribution in [0.3, 0.4) is 0 Å². The first kappa shape index (κ1) is 19.6. The molecule has 1 unspecified atom stereocenters. The van der Waals surface area contributed by atoms with Crippen LogP contribution in [0, 0.1) is 19.3 Å². The highest BCUT2D eigenvalue weighted by atomic mass is 32.1. The molecular formula is C21H29N3O3S. The summed E-state index contributed by atoms with van der Waals surface area (Å²) in [6.45, 7) is 10.2. The van der Waals surface area contributed by atoms with Gasteiger partial charge < -0.3 is 14.5 Å². The van der Waals surface area contributed by atoms with Crippen molar-refractivity contribution in [1.29, 1.82) is 0 Å². The first-order valence-corrected chi connectivity index (χ1v) is 10.9. The molecule has 2 aliphatic rings. The maximum atomic E-state index is 13.2. The smallest absolute Gasteiger partial charge is 0.255 e. The van der Waals surface area contributed by atoms with E-state index < -0.39 is 0 Å². The molecule has 0 aliphatic carbocycles. The molecule has 0 bridgehead atoms. The van der Waals surface area contributed by atoms with E-state index in [1.165, 1.54) is 16.0 Å². The number of fused-ring (bicyclic) bond motifs is 1. The maximum Gasteiger partial charge on any atom is 0.255 e. The van der Waals surface area contributed by atoms with Crippen LogP contribution in [0.1, 0.15) is 57.6 Å². The van der Waals surface area contributed by atoms with E-state index in [0.717, 1.165) is 62.5 Å². The number of aryl methyl sites for hydroxylation is 2. The average molecular weight is 404 g/mol. The highest BCUT2D eigenvalue weighted by Crippen LogP contribution is 2.34. The van der Waals surface area contributed by atoms with Crippen molar-refractivity contribution in [3.63, 3.8) is 0 Å². The van der Waals surface area contributed by atoms with Gasteiger partial charge in [0.25, 0.3) is 5.91 Å². The third-order valence-corrected chi connectivity index (χ3v) is 7.28. The second-order valence-electron chi connectivity index (χ2n) is 8.61. The van der Waals surface area contributed by atoms with Gasteiger partial charge in [-0.1, -0.05) is 12.1 Å². The number of nitrogens with zero attached hydrogens (tertiary/aromatic N) is 3. The molecule has 7 heteroatoms. The predicted molar refractivity (Wildman–Crippen MR) is 108 cm³/mol. The molecule has 0 spiro atoms. The van der Waals surface area contributed by atoms with Gasteiger partial charge in [0, 0.05) is 54.0 Å². The molecule has 2 aliphatic heterocycles. The molecule has 1 N–H and O–H groups in total. The van der Waals surface area contributed by atoms with Crippen molar-refractivity contribution >= 4 is 17.2 Å². The van der Waals surface area contributed by atoms with E-state index in [2.05, 4.69) is 17.0 Å². The average Bonchev–Trinajstić information content (AvgIpc) is 3.25. The second-order valence-corrected chi connectivity index (χ2v) is 9.58. The van der Waals surface area contributed by atoms with Gasteiger partial charge in [-0.15, -0.1) is 11.3 Å². The molecule has 152 valence electrons. The zero-order chi connectivity index (χ0) is 19.9. The van der Waals surface area contributed by atoms with E-state index >= 15 is 0 Å². The molecule has 0 aromatic carbocycles. The molecule has 1 fully saturated rings. The Kier molecular flexibility index (Phi) is 5.33. The molecule has 4 rings (SSSR count). The minimum absolute atomic E-state index is 0.134. The van der Waals surface area contributed by atoms with E-state index in [4.69, 9.17) is 4.52 Å². The summed E-state index contributed by atoms with van der Waals surface area (Å²) in [6, 6.07) is 0. The number of amides is 1. The molecule has 4 heterocycles. The molecule has 28 heavy (non-hydrogen) atoms. The fraction of sp³-hybridized carbons (Fsp3) is 0.619. The van der Waals surface area contributed by atoms with Gasteiger partial charge in [-0.05, 0) is 38.7 Å². The highest BCUT2D eigenvalue weighted by molar-refractivity contribution is 7.10. The number of aliphatic hydroxyl groups excluding tert-OH is 1. The van der Waals surface area contributed by atoms with E-state index in [1.807, 2.05) is 24.1 Å². The summed E-state index contributed by atoms with van der Waals surface area (Å²) in [5, 5.41) is 15.8. The van der Waals surface area contributed by atoms with Crippen LogP contribution in [0.4, 0.5) is 0 Å². The SMILES string of the molecule is Cc1noc(C)c1CN1CCc2c(C(=O)N3CCCC(C)(CO)C3)csc2C1. The summed E-state index contributed by atoms with van der Waals surface area (Å²) in [7, 11) is 0. The van der Waals surface area contributed by atoms with E-state index in [9.17, 15) is 9.90 Å². The van der Waals surface area contributed by atoms with Crippen molar-refractivity contribution in [3.05, 3.63) is 38.4 Å². The Labute approximate surface area is 170 Å². The van der Waals surface area contributed by atoms with Crippen molar-refractivity contribution in [2.24, 2.45) is 5.41 Å². The zero-order valence-electron chi connectivity index (χ0n) is 17.0. The number of aromatic nitrogens is 1. The first-order chi connectivity index (χ1) is 13.4.